The fraction of sp³-hybridized carbons (Fsp3) is 0.212. The molecular formula is C33H32N8O5S. The number of hydrogen-bond acceptors (Lipinski definition) is 10. The molecule has 0 saturated carbocycles. The Morgan fingerprint density at radius 1 is 0.851 bits per heavy atom. The molecule has 0 bridgehead atoms. The van der Waals surface area contributed by atoms with Crippen molar-refractivity contribution in [3.05, 3.63) is 84.7 Å². The molecule has 2 N–H and O–H groups in total. The van der Waals surface area contributed by atoms with Crippen molar-refractivity contribution in [1.82, 2.24) is 24.8 Å². The number of fused-ring (bicyclic) bond motifs is 1. The minimum Gasteiger partial charge on any atom is -0.378 e. The van der Waals surface area contributed by atoms with Gasteiger partial charge in [-0.25, -0.2) is 28.2 Å². The first kappa shape index (κ1) is 31.5. The van der Waals surface area contributed by atoms with Crippen LogP contribution in [-0.2, 0) is 14.6 Å². The number of carbonyl (C=O) groups is 2. The number of rotatable bonds is 7. The molecule has 0 atom stereocenters. The molecule has 14 heteroatoms. The molecule has 0 radical (unpaired) electrons. The maximum atomic E-state index is 12.6. The van der Waals surface area contributed by atoms with E-state index in [1.54, 1.807) is 81.1 Å². The zero-order valence-electron chi connectivity index (χ0n) is 26.0. The van der Waals surface area contributed by atoms with Crippen LogP contribution in [0.5, 0.6) is 0 Å². The van der Waals surface area contributed by atoms with Crippen LogP contribution in [0.2, 0.25) is 0 Å². The summed E-state index contributed by atoms with van der Waals surface area (Å²) in [6.45, 7) is 2.38. The molecule has 1 aliphatic heterocycles. The second-order valence-electron chi connectivity index (χ2n) is 11.2. The first-order chi connectivity index (χ1) is 22.5. The third-order valence-electron chi connectivity index (χ3n) is 7.48. The van der Waals surface area contributed by atoms with Gasteiger partial charge in [0, 0.05) is 68.2 Å². The molecule has 0 unspecified atom stereocenters. The van der Waals surface area contributed by atoms with E-state index in [9.17, 15) is 18.0 Å². The maximum absolute atomic E-state index is 12.6. The van der Waals surface area contributed by atoms with Crippen molar-refractivity contribution >= 4 is 50.1 Å². The van der Waals surface area contributed by atoms with Crippen LogP contribution in [0.4, 0.5) is 22.1 Å². The van der Waals surface area contributed by atoms with Gasteiger partial charge in [0.25, 0.3) is 5.91 Å². The SMILES string of the molecule is CN(C)C(=O)c1ccc(NC(=O)Nc2ccc(-c3nc(N4CCOCC4)c4ncc(-c5cccc(S(C)(=O)=O)c5)cc4n3)cn2)cc1. The molecular weight excluding hydrogens is 620 g/mol. The normalized spacial score (nSPS) is 13.3. The zero-order valence-corrected chi connectivity index (χ0v) is 26.8. The summed E-state index contributed by atoms with van der Waals surface area (Å²) >= 11 is 0. The molecule has 1 fully saturated rings. The average Bonchev–Trinajstić information content (AvgIpc) is 3.08. The third kappa shape index (κ3) is 7.18. The van der Waals surface area contributed by atoms with Gasteiger partial charge in [-0.3, -0.25) is 15.1 Å². The summed E-state index contributed by atoms with van der Waals surface area (Å²) < 4.78 is 29.9. The van der Waals surface area contributed by atoms with E-state index in [0.29, 0.717) is 82.7 Å². The number of nitrogens with one attached hydrogen (secondary N) is 2. The summed E-state index contributed by atoms with van der Waals surface area (Å²) in [4.78, 5) is 47.4. The van der Waals surface area contributed by atoms with E-state index >= 15 is 0 Å². The standard InChI is InChI=1S/C33H32N8O5S/c1-40(2)32(42)21-7-10-25(11-8-21)36-33(43)38-28-12-9-23(19-34-28)30-37-27-18-24(22-5-4-6-26(17-22)47(3,44)45)20-35-29(27)31(39-30)41-13-15-46-16-14-41/h4-12,17-20H,13-16H2,1-3H3,(H2,34,36,38,43). The number of hydrogen-bond donors (Lipinski definition) is 2. The molecule has 0 spiro atoms. The minimum atomic E-state index is -3.39. The van der Waals surface area contributed by atoms with E-state index in [1.807, 2.05) is 12.1 Å². The Balaban J connectivity index is 1.26. The van der Waals surface area contributed by atoms with Gasteiger partial charge in [0.15, 0.2) is 21.5 Å². The lowest BCUT2D eigenvalue weighted by atomic mass is 10.1. The van der Waals surface area contributed by atoms with Gasteiger partial charge in [-0.2, -0.15) is 0 Å². The summed E-state index contributed by atoms with van der Waals surface area (Å²) in [7, 11) is -0.0400. The Morgan fingerprint density at radius 2 is 1.60 bits per heavy atom. The fourth-order valence-electron chi connectivity index (χ4n) is 5.02. The molecule has 0 aliphatic carbocycles. The van der Waals surface area contributed by atoms with E-state index in [2.05, 4.69) is 20.5 Å². The summed E-state index contributed by atoms with van der Waals surface area (Å²) in [6.07, 6.45) is 4.45. The molecule has 3 amide bonds. The van der Waals surface area contributed by atoms with E-state index in [4.69, 9.17) is 19.7 Å². The third-order valence-corrected chi connectivity index (χ3v) is 8.59. The summed E-state index contributed by atoms with van der Waals surface area (Å²) in [5.41, 5.74) is 4.26. The highest BCUT2D eigenvalue weighted by molar-refractivity contribution is 7.90. The number of urea groups is 1. The predicted molar refractivity (Wildman–Crippen MR) is 179 cm³/mol. The predicted octanol–water partition coefficient (Wildman–Crippen LogP) is 4.34. The molecule has 5 aromatic rings. The zero-order chi connectivity index (χ0) is 33.1. The van der Waals surface area contributed by atoms with Crippen LogP contribution in [-0.4, -0.2) is 91.8 Å². The van der Waals surface area contributed by atoms with Gasteiger partial charge in [-0.1, -0.05) is 12.1 Å². The van der Waals surface area contributed by atoms with Crippen molar-refractivity contribution < 1.29 is 22.7 Å². The molecule has 13 nitrogen and oxygen atoms in total. The molecule has 4 heterocycles. The summed E-state index contributed by atoms with van der Waals surface area (Å²) in [5, 5.41) is 5.44. The number of nitrogens with zero attached hydrogens (tertiary/aromatic N) is 6. The molecule has 1 saturated heterocycles. The Bertz CT molecular complexity index is 2060. The Kier molecular flexibility index (Phi) is 8.78. The average molecular weight is 653 g/mol. The highest BCUT2D eigenvalue weighted by Gasteiger charge is 2.20. The van der Waals surface area contributed by atoms with Crippen molar-refractivity contribution in [2.75, 3.05) is 62.2 Å². The van der Waals surface area contributed by atoms with Gasteiger partial charge in [0.2, 0.25) is 0 Å². The van der Waals surface area contributed by atoms with E-state index in [0.717, 1.165) is 0 Å². The molecule has 3 aromatic heterocycles. The first-order valence-corrected chi connectivity index (χ1v) is 16.6. The topological polar surface area (TPSA) is 160 Å². The molecule has 47 heavy (non-hydrogen) atoms. The van der Waals surface area contributed by atoms with Crippen LogP contribution in [0.15, 0.2) is 84.0 Å². The van der Waals surface area contributed by atoms with Crippen LogP contribution in [0.1, 0.15) is 10.4 Å². The lowest BCUT2D eigenvalue weighted by molar-refractivity contribution is 0.0827. The highest BCUT2D eigenvalue weighted by atomic mass is 32.2. The van der Waals surface area contributed by atoms with E-state index in [1.165, 1.54) is 11.2 Å². The fourth-order valence-corrected chi connectivity index (χ4v) is 5.69. The number of carbonyl (C=O) groups excluding carboxylic acids is 2. The highest BCUT2D eigenvalue weighted by Crippen LogP contribution is 2.31. The summed E-state index contributed by atoms with van der Waals surface area (Å²) in [5.74, 6) is 1.26. The van der Waals surface area contributed by atoms with Gasteiger partial charge in [0.05, 0.1) is 23.6 Å². The number of ether oxygens (including phenoxy) is 1. The molecule has 1 aliphatic rings. The Hall–Kier alpha value is -5.47. The lowest BCUT2D eigenvalue weighted by Gasteiger charge is -2.28. The number of anilines is 3. The van der Waals surface area contributed by atoms with Crippen LogP contribution < -0.4 is 15.5 Å². The van der Waals surface area contributed by atoms with Gasteiger partial charge in [0.1, 0.15) is 11.3 Å². The number of morpholine rings is 1. The first-order valence-electron chi connectivity index (χ1n) is 14.7. The van der Waals surface area contributed by atoms with Gasteiger partial charge in [-0.15, -0.1) is 0 Å². The molecule has 6 rings (SSSR count). The number of sulfone groups is 1. The van der Waals surface area contributed by atoms with Crippen molar-refractivity contribution in [3.63, 3.8) is 0 Å². The molecule has 240 valence electrons. The Labute approximate surface area is 271 Å². The number of benzene rings is 2. The van der Waals surface area contributed by atoms with Crippen molar-refractivity contribution in [2.24, 2.45) is 0 Å². The summed E-state index contributed by atoms with van der Waals surface area (Å²) in [6, 6.07) is 18.1. The van der Waals surface area contributed by atoms with Crippen LogP contribution in [0.3, 0.4) is 0 Å². The van der Waals surface area contributed by atoms with Crippen molar-refractivity contribution in [2.45, 2.75) is 4.90 Å². The second kappa shape index (κ2) is 13.1. The van der Waals surface area contributed by atoms with Crippen molar-refractivity contribution in [3.8, 4) is 22.5 Å². The Morgan fingerprint density at radius 3 is 2.28 bits per heavy atom. The quantitative estimate of drug-likeness (QED) is 0.259. The monoisotopic (exact) mass is 652 g/mol. The van der Waals surface area contributed by atoms with Gasteiger partial charge >= 0.3 is 6.03 Å². The van der Waals surface area contributed by atoms with Crippen LogP contribution >= 0.6 is 0 Å². The lowest BCUT2D eigenvalue weighted by Crippen LogP contribution is -2.37. The van der Waals surface area contributed by atoms with Crippen molar-refractivity contribution in [1.29, 1.82) is 0 Å². The maximum Gasteiger partial charge on any atom is 0.324 e. The smallest absolute Gasteiger partial charge is 0.324 e. The van der Waals surface area contributed by atoms with Crippen LogP contribution in [0.25, 0.3) is 33.5 Å². The largest absolute Gasteiger partial charge is 0.378 e. The van der Waals surface area contributed by atoms with Gasteiger partial charge < -0.3 is 19.9 Å². The van der Waals surface area contributed by atoms with E-state index in [-0.39, 0.29) is 10.8 Å². The minimum absolute atomic E-state index is 0.131. The number of aromatic nitrogens is 4. The van der Waals surface area contributed by atoms with E-state index < -0.39 is 15.9 Å². The van der Waals surface area contributed by atoms with Gasteiger partial charge in [-0.05, 0) is 60.2 Å². The second-order valence-corrected chi connectivity index (χ2v) is 13.2. The number of pyridine rings is 2. The number of amides is 3. The van der Waals surface area contributed by atoms with Crippen LogP contribution in [0, 0.1) is 0 Å². The molecule has 2 aromatic carbocycles.